The summed E-state index contributed by atoms with van der Waals surface area (Å²) in [6.45, 7) is 1.12. The van der Waals surface area contributed by atoms with Gasteiger partial charge in [0.1, 0.15) is 0 Å². The van der Waals surface area contributed by atoms with Crippen LogP contribution in [0.2, 0.25) is 0 Å². The summed E-state index contributed by atoms with van der Waals surface area (Å²) in [6, 6.07) is 0. The van der Waals surface area contributed by atoms with Crippen molar-refractivity contribution in [3.05, 3.63) is 10.4 Å². The van der Waals surface area contributed by atoms with Gasteiger partial charge in [-0.2, -0.15) is 0 Å². The molecule has 1 fully saturated rings. The molecule has 0 aliphatic carbocycles. The largest absolute Gasteiger partial charge is 0.481 e. The van der Waals surface area contributed by atoms with Crippen LogP contribution in [0, 0.1) is 5.92 Å². The predicted octanol–water partition coefficient (Wildman–Crippen LogP) is 1.01. The first-order valence-corrected chi connectivity index (χ1v) is 5.16. The number of hydrogen-bond acceptors (Lipinski definition) is 3. The zero-order valence-corrected chi connectivity index (χ0v) is 8.87. The number of likely N-dealkylation sites (tertiary alicyclic amines) is 1. The van der Waals surface area contributed by atoms with Crippen LogP contribution in [0.4, 0.5) is 0 Å². The number of carboxylic acids is 1. The molecule has 0 aromatic rings. The fraction of sp³-hybridized carbons (Fsp3) is 0.778. The quantitative estimate of drug-likeness (QED) is 0.439. The normalized spacial score (nSPS) is 16.6. The lowest BCUT2D eigenvalue weighted by Crippen LogP contribution is -2.40. The van der Waals surface area contributed by atoms with Gasteiger partial charge in [0.2, 0.25) is 5.91 Å². The van der Waals surface area contributed by atoms with Crippen molar-refractivity contribution >= 4 is 11.9 Å². The van der Waals surface area contributed by atoms with Crippen LogP contribution in [0.5, 0.6) is 0 Å². The maximum Gasteiger partial charge on any atom is 0.306 e. The molecule has 0 unspecified atom stereocenters. The predicted molar refractivity (Wildman–Crippen MR) is 55.6 cm³/mol. The third-order valence-electron chi connectivity index (χ3n) is 2.69. The maximum atomic E-state index is 11.5. The molecule has 1 amide bonds. The van der Waals surface area contributed by atoms with Gasteiger partial charge >= 0.3 is 5.97 Å². The highest BCUT2D eigenvalue weighted by Gasteiger charge is 2.26. The van der Waals surface area contributed by atoms with Gasteiger partial charge in [-0.25, -0.2) is 0 Å². The average molecular weight is 226 g/mol. The number of nitrogens with zero attached hydrogens (tertiary/aromatic N) is 4. The maximum absolute atomic E-state index is 11.5. The van der Waals surface area contributed by atoms with Crippen LogP contribution in [0.3, 0.4) is 0 Å². The number of aliphatic carboxylic acids is 1. The fourth-order valence-electron chi connectivity index (χ4n) is 1.72. The Morgan fingerprint density at radius 2 is 2.06 bits per heavy atom. The van der Waals surface area contributed by atoms with E-state index in [1.165, 1.54) is 0 Å². The Morgan fingerprint density at radius 1 is 1.44 bits per heavy atom. The molecule has 88 valence electrons. The van der Waals surface area contributed by atoms with Gasteiger partial charge in [0.15, 0.2) is 0 Å². The van der Waals surface area contributed by atoms with E-state index in [0.29, 0.717) is 25.9 Å². The molecular weight excluding hydrogens is 212 g/mol. The van der Waals surface area contributed by atoms with Crippen LogP contribution in [-0.2, 0) is 9.59 Å². The summed E-state index contributed by atoms with van der Waals surface area (Å²) in [5.74, 6) is -1.20. The van der Waals surface area contributed by atoms with Crippen molar-refractivity contribution < 1.29 is 14.7 Å². The molecule has 0 radical (unpaired) electrons. The first-order valence-electron chi connectivity index (χ1n) is 5.16. The Balaban J connectivity index is 2.32. The number of carbonyl (C=O) groups is 2. The van der Waals surface area contributed by atoms with Crippen LogP contribution in [-0.4, -0.2) is 41.5 Å². The van der Waals surface area contributed by atoms with Gasteiger partial charge in [0.25, 0.3) is 0 Å². The molecule has 1 aliphatic rings. The van der Waals surface area contributed by atoms with Crippen molar-refractivity contribution in [1.82, 2.24) is 4.90 Å². The Morgan fingerprint density at radius 3 is 2.56 bits per heavy atom. The van der Waals surface area contributed by atoms with Crippen LogP contribution >= 0.6 is 0 Å². The van der Waals surface area contributed by atoms with Gasteiger partial charge in [-0.15, -0.1) is 0 Å². The first-order chi connectivity index (χ1) is 7.65. The summed E-state index contributed by atoms with van der Waals surface area (Å²) < 4.78 is 0. The molecule has 1 heterocycles. The van der Waals surface area contributed by atoms with E-state index in [4.69, 9.17) is 10.6 Å². The van der Waals surface area contributed by atoms with Crippen molar-refractivity contribution in [3.8, 4) is 0 Å². The van der Waals surface area contributed by atoms with E-state index in [1.807, 2.05) is 0 Å². The van der Waals surface area contributed by atoms with Gasteiger partial charge in [-0.1, -0.05) is 5.11 Å². The zero-order chi connectivity index (χ0) is 12.0. The molecular formula is C9H14N4O3. The summed E-state index contributed by atoms with van der Waals surface area (Å²) in [6.07, 6.45) is 1.20. The molecule has 0 aromatic carbocycles. The molecule has 1 aliphatic heterocycles. The van der Waals surface area contributed by atoms with E-state index >= 15 is 0 Å². The number of piperidine rings is 1. The molecule has 0 aromatic heterocycles. The zero-order valence-electron chi connectivity index (χ0n) is 8.87. The van der Waals surface area contributed by atoms with Crippen molar-refractivity contribution in [2.24, 2.45) is 11.0 Å². The van der Waals surface area contributed by atoms with E-state index < -0.39 is 5.97 Å². The first kappa shape index (κ1) is 12.3. The van der Waals surface area contributed by atoms with Crippen molar-refractivity contribution in [2.45, 2.75) is 19.3 Å². The highest BCUT2D eigenvalue weighted by atomic mass is 16.4. The second-order valence-corrected chi connectivity index (χ2v) is 3.70. The topological polar surface area (TPSA) is 106 Å². The van der Waals surface area contributed by atoms with Crippen LogP contribution in [0.25, 0.3) is 10.4 Å². The summed E-state index contributed by atoms with van der Waals surface area (Å²) >= 11 is 0. The van der Waals surface area contributed by atoms with Gasteiger partial charge in [0.05, 0.1) is 5.92 Å². The van der Waals surface area contributed by atoms with Gasteiger partial charge < -0.3 is 10.0 Å². The molecule has 0 atom stereocenters. The van der Waals surface area contributed by atoms with Crippen LogP contribution in [0.15, 0.2) is 5.11 Å². The van der Waals surface area contributed by atoms with Gasteiger partial charge in [0, 0.05) is 31.0 Å². The molecule has 0 saturated carbocycles. The minimum absolute atomic E-state index is 0.0729. The molecule has 1 N–H and O–H groups in total. The monoisotopic (exact) mass is 226 g/mol. The molecule has 7 heteroatoms. The number of carboxylic acid groups (broad SMARTS) is 1. The van der Waals surface area contributed by atoms with Crippen LogP contribution in [0.1, 0.15) is 19.3 Å². The highest BCUT2D eigenvalue weighted by Crippen LogP contribution is 2.17. The number of carbonyl (C=O) groups excluding carboxylic acids is 1. The number of hydrogen-bond donors (Lipinski definition) is 1. The van der Waals surface area contributed by atoms with E-state index in [1.54, 1.807) is 4.90 Å². The smallest absolute Gasteiger partial charge is 0.306 e. The third-order valence-corrected chi connectivity index (χ3v) is 2.69. The Bertz CT molecular complexity index is 317. The van der Waals surface area contributed by atoms with E-state index in [2.05, 4.69) is 10.0 Å². The summed E-state index contributed by atoms with van der Waals surface area (Å²) in [5.41, 5.74) is 8.05. The van der Waals surface area contributed by atoms with E-state index in [-0.39, 0.29) is 24.8 Å². The average Bonchev–Trinajstić information content (AvgIpc) is 2.29. The molecule has 0 spiro atoms. The lowest BCUT2D eigenvalue weighted by Gasteiger charge is -2.30. The fourth-order valence-corrected chi connectivity index (χ4v) is 1.72. The molecule has 1 rings (SSSR count). The van der Waals surface area contributed by atoms with Gasteiger partial charge in [-0.3, -0.25) is 9.59 Å². The number of amides is 1. The Labute approximate surface area is 92.7 Å². The van der Waals surface area contributed by atoms with E-state index in [9.17, 15) is 9.59 Å². The minimum Gasteiger partial charge on any atom is -0.481 e. The SMILES string of the molecule is [N-]=[N+]=NCCC(=O)N1CCC(C(=O)O)CC1. The van der Waals surface area contributed by atoms with Crippen LogP contribution < -0.4 is 0 Å². The second-order valence-electron chi connectivity index (χ2n) is 3.70. The second kappa shape index (κ2) is 5.97. The Kier molecular flexibility index (Phi) is 4.60. The summed E-state index contributed by atoms with van der Waals surface area (Å²) in [4.78, 5) is 26.4. The highest BCUT2D eigenvalue weighted by molar-refractivity contribution is 5.77. The molecule has 0 bridgehead atoms. The lowest BCUT2D eigenvalue weighted by atomic mass is 9.97. The van der Waals surface area contributed by atoms with Crippen molar-refractivity contribution in [3.63, 3.8) is 0 Å². The molecule has 1 saturated heterocycles. The molecule has 7 nitrogen and oxygen atoms in total. The van der Waals surface area contributed by atoms with Crippen molar-refractivity contribution in [2.75, 3.05) is 19.6 Å². The summed E-state index contributed by atoms with van der Waals surface area (Å²) in [7, 11) is 0. The minimum atomic E-state index is -0.791. The van der Waals surface area contributed by atoms with Crippen molar-refractivity contribution in [1.29, 1.82) is 0 Å². The molecule has 16 heavy (non-hydrogen) atoms. The standard InChI is InChI=1S/C9H14N4O3/c10-12-11-4-1-8(14)13-5-2-7(3-6-13)9(15)16/h7H,1-6H2,(H,15,16). The van der Waals surface area contributed by atoms with Gasteiger partial charge in [-0.05, 0) is 18.4 Å². The number of rotatable bonds is 4. The number of azide groups is 1. The summed E-state index contributed by atoms with van der Waals surface area (Å²) in [5, 5.41) is 12.1. The third kappa shape index (κ3) is 3.43. The van der Waals surface area contributed by atoms with E-state index in [0.717, 1.165) is 0 Å². The lowest BCUT2D eigenvalue weighted by molar-refractivity contribution is -0.145. The Hall–Kier alpha value is -1.75.